The van der Waals surface area contributed by atoms with Gasteiger partial charge in [0.05, 0.1) is 0 Å². The van der Waals surface area contributed by atoms with Crippen molar-refractivity contribution in [3.8, 4) is 0 Å². The molecule has 29 heavy (non-hydrogen) atoms. The highest BCUT2D eigenvalue weighted by Gasteiger charge is 2.58. The van der Waals surface area contributed by atoms with E-state index in [9.17, 15) is 0 Å². The zero-order valence-electron chi connectivity index (χ0n) is 20.3. The second-order valence-corrected chi connectivity index (χ2v) is 12.3. The third kappa shape index (κ3) is 3.59. The Labute approximate surface area is 182 Å². The van der Waals surface area contributed by atoms with Gasteiger partial charge >= 0.3 is 0 Å². The molecular formula is C29H48. The molecule has 164 valence electrons. The summed E-state index contributed by atoms with van der Waals surface area (Å²) in [6.45, 7) is 15.0. The van der Waals surface area contributed by atoms with Crippen LogP contribution in [0.15, 0.2) is 23.8 Å². The van der Waals surface area contributed by atoms with Crippen LogP contribution in [0.1, 0.15) is 106 Å². The van der Waals surface area contributed by atoms with Crippen LogP contribution in [-0.2, 0) is 0 Å². The summed E-state index contributed by atoms with van der Waals surface area (Å²) < 4.78 is 0. The first-order valence-electron chi connectivity index (χ1n) is 13.2. The highest BCUT2D eigenvalue weighted by molar-refractivity contribution is 5.24. The number of hydrogen-bond donors (Lipinski definition) is 0. The van der Waals surface area contributed by atoms with Crippen molar-refractivity contribution in [3.63, 3.8) is 0 Å². The van der Waals surface area contributed by atoms with Crippen molar-refractivity contribution in [2.24, 2.45) is 52.3 Å². The molecule has 0 heteroatoms. The maximum absolute atomic E-state index is 2.73. The van der Waals surface area contributed by atoms with Crippen molar-refractivity contribution >= 4 is 0 Å². The van der Waals surface area contributed by atoms with Gasteiger partial charge in [-0.2, -0.15) is 0 Å². The molecule has 1 unspecified atom stereocenters. The molecule has 0 spiro atoms. The van der Waals surface area contributed by atoms with Gasteiger partial charge in [-0.05, 0) is 110 Å². The van der Waals surface area contributed by atoms with Crippen LogP contribution in [0.4, 0.5) is 0 Å². The molecule has 0 aliphatic heterocycles. The molecule has 0 heterocycles. The molecule has 0 aromatic carbocycles. The molecule has 4 aliphatic carbocycles. The molecule has 0 saturated heterocycles. The van der Waals surface area contributed by atoms with E-state index in [0.717, 1.165) is 41.4 Å². The first kappa shape index (κ1) is 21.7. The van der Waals surface area contributed by atoms with E-state index in [1.165, 1.54) is 64.2 Å². The fourth-order valence-corrected chi connectivity index (χ4v) is 8.88. The summed E-state index contributed by atoms with van der Waals surface area (Å²) in [5, 5.41) is 0. The van der Waals surface area contributed by atoms with Crippen molar-refractivity contribution < 1.29 is 0 Å². The second-order valence-electron chi connectivity index (χ2n) is 12.3. The summed E-state index contributed by atoms with van der Waals surface area (Å²) in [4.78, 5) is 0. The molecule has 4 aliphatic rings. The minimum atomic E-state index is 0.553. The van der Waals surface area contributed by atoms with Crippen molar-refractivity contribution in [1.29, 1.82) is 0 Å². The minimum absolute atomic E-state index is 0.553. The predicted octanol–water partition coefficient (Wildman–Crippen LogP) is 8.83. The quantitative estimate of drug-likeness (QED) is 0.407. The van der Waals surface area contributed by atoms with Gasteiger partial charge in [0.2, 0.25) is 0 Å². The number of rotatable bonds is 5. The normalized spacial score (nSPS) is 44.2. The molecule has 3 fully saturated rings. The zero-order chi connectivity index (χ0) is 20.8. The summed E-state index contributed by atoms with van der Waals surface area (Å²) in [5.74, 6) is 6.10. The summed E-state index contributed by atoms with van der Waals surface area (Å²) in [7, 11) is 0. The van der Waals surface area contributed by atoms with Crippen LogP contribution in [0.2, 0.25) is 0 Å². The average molecular weight is 397 g/mol. The van der Waals surface area contributed by atoms with Gasteiger partial charge in [0.15, 0.2) is 0 Å². The van der Waals surface area contributed by atoms with Crippen molar-refractivity contribution in [2.45, 2.75) is 106 Å². The lowest BCUT2D eigenvalue weighted by molar-refractivity contribution is -0.0462. The van der Waals surface area contributed by atoms with E-state index in [-0.39, 0.29) is 0 Å². The third-order valence-corrected chi connectivity index (χ3v) is 10.7. The Morgan fingerprint density at radius 3 is 2.52 bits per heavy atom. The lowest BCUT2D eigenvalue weighted by atomic mass is 9.47. The lowest BCUT2D eigenvalue weighted by Crippen LogP contribution is -2.49. The van der Waals surface area contributed by atoms with Gasteiger partial charge in [-0.25, -0.2) is 0 Å². The summed E-state index contributed by atoms with van der Waals surface area (Å²) >= 11 is 0. The van der Waals surface area contributed by atoms with Crippen molar-refractivity contribution in [2.75, 3.05) is 0 Å². The molecule has 4 rings (SSSR count). The first-order valence-corrected chi connectivity index (χ1v) is 13.2. The summed E-state index contributed by atoms with van der Waals surface area (Å²) in [6, 6.07) is 0. The Hall–Kier alpha value is -0.520. The van der Waals surface area contributed by atoms with Gasteiger partial charge in [0.25, 0.3) is 0 Å². The molecule has 0 N–H and O–H groups in total. The number of hydrogen-bond acceptors (Lipinski definition) is 0. The molecule has 0 radical (unpaired) electrons. The van der Waals surface area contributed by atoms with Crippen LogP contribution >= 0.6 is 0 Å². The van der Waals surface area contributed by atoms with Gasteiger partial charge in [-0.15, -0.1) is 0 Å². The molecule has 0 amide bonds. The number of fused-ring (bicyclic) bond motifs is 5. The van der Waals surface area contributed by atoms with E-state index in [0.29, 0.717) is 10.8 Å². The number of allylic oxidation sites excluding steroid dienone is 4. The maximum Gasteiger partial charge on any atom is -0.00853 e. The first-order chi connectivity index (χ1) is 13.8. The lowest BCUT2D eigenvalue weighted by Gasteiger charge is -2.58. The highest BCUT2D eigenvalue weighted by Crippen LogP contribution is 2.67. The van der Waals surface area contributed by atoms with E-state index < -0.39 is 0 Å². The fourth-order valence-electron chi connectivity index (χ4n) is 8.88. The largest absolute Gasteiger partial charge is 0.0851 e. The Morgan fingerprint density at radius 1 is 1.00 bits per heavy atom. The van der Waals surface area contributed by atoms with Crippen molar-refractivity contribution in [1.82, 2.24) is 0 Å². The highest BCUT2D eigenvalue weighted by atomic mass is 14.6. The molecule has 0 nitrogen and oxygen atoms in total. The van der Waals surface area contributed by atoms with Crippen LogP contribution < -0.4 is 0 Å². The van der Waals surface area contributed by atoms with E-state index in [2.05, 4.69) is 59.8 Å². The van der Waals surface area contributed by atoms with E-state index >= 15 is 0 Å². The van der Waals surface area contributed by atoms with E-state index in [1.807, 2.05) is 5.57 Å². The summed E-state index contributed by atoms with van der Waals surface area (Å²) in [5.41, 5.74) is 3.00. The maximum atomic E-state index is 2.73. The Bertz CT molecular complexity index is 638. The molecule has 8 atom stereocenters. The van der Waals surface area contributed by atoms with Gasteiger partial charge in [-0.3, -0.25) is 0 Å². The minimum Gasteiger partial charge on any atom is -0.0851 e. The Morgan fingerprint density at radius 2 is 1.79 bits per heavy atom. The van der Waals surface area contributed by atoms with Gasteiger partial charge < -0.3 is 0 Å². The second kappa shape index (κ2) is 8.20. The molecule has 3 saturated carbocycles. The third-order valence-electron chi connectivity index (χ3n) is 10.7. The molecule has 0 aromatic heterocycles. The smallest absolute Gasteiger partial charge is 0.00853 e. The van der Waals surface area contributed by atoms with Crippen LogP contribution in [0.25, 0.3) is 0 Å². The Balaban J connectivity index is 1.52. The van der Waals surface area contributed by atoms with Gasteiger partial charge in [0.1, 0.15) is 0 Å². The van der Waals surface area contributed by atoms with Gasteiger partial charge in [-0.1, -0.05) is 71.8 Å². The average Bonchev–Trinajstić information content (AvgIpc) is 3.05. The van der Waals surface area contributed by atoms with E-state index in [4.69, 9.17) is 0 Å². The van der Waals surface area contributed by atoms with Crippen LogP contribution in [0.3, 0.4) is 0 Å². The SMILES string of the molecule is CCC(/C=C/[C@@H](C)[C@H]1CC[C@H]2[C@@H]3CC=C4CCCC[C@]4(C)[C@H]3CC[C@]12C)C(C)C. The fraction of sp³-hybridized carbons (Fsp3) is 0.862. The standard InChI is InChI=1S/C29H48/c1-7-22(20(2)3)12-11-21(4)25-15-16-26-24-14-13-23-10-8-9-18-28(23,5)27(24)17-19-29(25,26)6/h11-13,20-22,24-27H,7-10,14-19H2,1-6H3/b12-11+/t21-,22?,24+,25-,26+,27+,28+,29-/m1/s1. The molecule has 0 aromatic rings. The molecule has 0 bridgehead atoms. The van der Waals surface area contributed by atoms with Crippen LogP contribution in [0, 0.1) is 52.3 Å². The molecular weight excluding hydrogens is 348 g/mol. The monoisotopic (exact) mass is 396 g/mol. The predicted molar refractivity (Wildman–Crippen MR) is 127 cm³/mol. The zero-order valence-corrected chi connectivity index (χ0v) is 20.3. The summed E-state index contributed by atoms with van der Waals surface area (Å²) in [6.07, 6.45) is 22.4. The van der Waals surface area contributed by atoms with E-state index in [1.54, 1.807) is 0 Å². The van der Waals surface area contributed by atoms with Gasteiger partial charge in [0, 0.05) is 0 Å². The van der Waals surface area contributed by atoms with Crippen LogP contribution in [-0.4, -0.2) is 0 Å². The van der Waals surface area contributed by atoms with Crippen LogP contribution in [0.5, 0.6) is 0 Å². The van der Waals surface area contributed by atoms with Crippen molar-refractivity contribution in [3.05, 3.63) is 23.8 Å². The Kier molecular flexibility index (Phi) is 6.14. The topological polar surface area (TPSA) is 0 Å².